The van der Waals surface area contributed by atoms with Crippen molar-refractivity contribution in [2.45, 2.75) is 43.0 Å². The normalized spacial score (nSPS) is 14.1. The van der Waals surface area contributed by atoms with E-state index in [4.69, 9.17) is 0 Å². The number of para-hydroxylation sites is 1. The van der Waals surface area contributed by atoms with Gasteiger partial charge in [0.25, 0.3) is 0 Å². The summed E-state index contributed by atoms with van der Waals surface area (Å²) in [6.45, 7) is 1.81. The van der Waals surface area contributed by atoms with Gasteiger partial charge in [0.15, 0.2) is 0 Å². The fourth-order valence-electron chi connectivity index (χ4n) is 3.18. The molecule has 7 nitrogen and oxygen atoms in total. The van der Waals surface area contributed by atoms with Crippen LogP contribution in [0, 0.1) is 11.3 Å². The van der Waals surface area contributed by atoms with Gasteiger partial charge >= 0.3 is 0 Å². The Kier molecular flexibility index (Phi) is 5.41. The van der Waals surface area contributed by atoms with Crippen LogP contribution in [0.1, 0.15) is 35.8 Å². The third kappa shape index (κ3) is 3.66. The van der Waals surface area contributed by atoms with Crippen LogP contribution in [0.3, 0.4) is 0 Å². The van der Waals surface area contributed by atoms with Gasteiger partial charge in [-0.25, -0.2) is 0 Å². The molecule has 142 valence electrons. The second-order valence-electron chi connectivity index (χ2n) is 6.48. The van der Waals surface area contributed by atoms with Crippen LogP contribution >= 0.6 is 23.1 Å². The zero-order valence-corrected chi connectivity index (χ0v) is 16.9. The zero-order valence-electron chi connectivity index (χ0n) is 15.3. The molecular formula is C19H18N6OS2. The largest absolute Gasteiger partial charge is 0.316 e. The molecule has 0 bridgehead atoms. The highest BCUT2D eigenvalue weighted by Gasteiger charge is 2.24. The summed E-state index contributed by atoms with van der Waals surface area (Å²) in [5.41, 5.74) is 2.57. The maximum absolute atomic E-state index is 12.8. The Hall–Kier alpha value is -2.70. The number of aromatic nitrogens is 4. The number of thioether (sulfide) groups is 1. The predicted molar refractivity (Wildman–Crippen MR) is 109 cm³/mol. The third-order valence-electron chi connectivity index (χ3n) is 4.61. The van der Waals surface area contributed by atoms with E-state index in [0.29, 0.717) is 15.7 Å². The number of carbonyl (C=O) groups is 1. The first kappa shape index (κ1) is 18.7. The lowest BCUT2D eigenvalue weighted by Crippen LogP contribution is -2.23. The lowest BCUT2D eigenvalue weighted by Gasteiger charge is -2.11. The Morgan fingerprint density at radius 2 is 2.11 bits per heavy atom. The van der Waals surface area contributed by atoms with E-state index < -0.39 is 5.25 Å². The van der Waals surface area contributed by atoms with Gasteiger partial charge in [-0.15, -0.1) is 16.4 Å². The lowest BCUT2D eigenvalue weighted by molar-refractivity contribution is -0.115. The van der Waals surface area contributed by atoms with Gasteiger partial charge in [-0.1, -0.05) is 30.0 Å². The molecule has 1 atom stereocenters. The molecule has 1 amide bonds. The summed E-state index contributed by atoms with van der Waals surface area (Å²) in [6, 6.07) is 11.8. The van der Waals surface area contributed by atoms with Crippen LogP contribution in [-0.2, 0) is 17.6 Å². The number of benzene rings is 1. The summed E-state index contributed by atoms with van der Waals surface area (Å²) in [7, 11) is 0. The number of carbonyl (C=O) groups excluding carboxylic acids is 1. The molecule has 0 unspecified atom stereocenters. The van der Waals surface area contributed by atoms with Crippen molar-refractivity contribution in [3.8, 4) is 11.8 Å². The molecule has 9 heteroatoms. The summed E-state index contributed by atoms with van der Waals surface area (Å²) in [5.74, 6) is -0.164. The number of hydrogen-bond donors (Lipinski definition) is 1. The van der Waals surface area contributed by atoms with Gasteiger partial charge < -0.3 is 5.32 Å². The molecule has 3 aromatic rings. The summed E-state index contributed by atoms with van der Waals surface area (Å²) in [6.07, 6.45) is 4.14. The number of tetrazole rings is 1. The van der Waals surface area contributed by atoms with Crippen LogP contribution < -0.4 is 5.32 Å². The van der Waals surface area contributed by atoms with Gasteiger partial charge in [-0.3, -0.25) is 4.79 Å². The molecule has 1 aliphatic rings. The van der Waals surface area contributed by atoms with E-state index in [1.165, 1.54) is 28.0 Å². The molecule has 0 spiro atoms. The molecule has 0 saturated heterocycles. The smallest absolute Gasteiger partial charge is 0.238 e. The van der Waals surface area contributed by atoms with Crippen LogP contribution in [0.15, 0.2) is 35.5 Å². The van der Waals surface area contributed by atoms with Gasteiger partial charge in [0.05, 0.1) is 16.5 Å². The van der Waals surface area contributed by atoms with E-state index >= 15 is 0 Å². The van der Waals surface area contributed by atoms with Crippen molar-refractivity contribution in [1.82, 2.24) is 20.2 Å². The van der Waals surface area contributed by atoms with Crippen LogP contribution in [0.5, 0.6) is 0 Å². The van der Waals surface area contributed by atoms with Crippen molar-refractivity contribution in [3.63, 3.8) is 0 Å². The Labute approximate surface area is 170 Å². The van der Waals surface area contributed by atoms with Crippen molar-refractivity contribution < 1.29 is 4.79 Å². The number of fused-ring (bicyclic) bond motifs is 1. The van der Waals surface area contributed by atoms with Crippen molar-refractivity contribution in [2.75, 3.05) is 5.32 Å². The monoisotopic (exact) mass is 410 g/mol. The third-order valence-corrected chi connectivity index (χ3v) is 6.85. The van der Waals surface area contributed by atoms with Crippen molar-refractivity contribution >= 4 is 34.0 Å². The maximum atomic E-state index is 12.8. The zero-order chi connectivity index (χ0) is 19.5. The van der Waals surface area contributed by atoms with Crippen molar-refractivity contribution in [3.05, 3.63) is 46.3 Å². The van der Waals surface area contributed by atoms with Gasteiger partial charge in [-0.05, 0) is 60.7 Å². The van der Waals surface area contributed by atoms with Crippen molar-refractivity contribution in [2.24, 2.45) is 0 Å². The molecule has 2 heterocycles. The maximum Gasteiger partial charge on any atom is 0.238 e. The number of nitriles is 1. The molecular weight excluding hydrogens is 392 g/mol. The number of nitrogens with one attached hydrogen (secondary N) is 1. The first-order valence-electron chi connectivity index (χ1n) is 9.03. The van der Waals surface area contributed by atoms with Crippen molar-refractivity contribution in [1.29, 1.82) is 5.26 Å². The molecule has 1 N–H and O–H groups in total. The van der Waals surface area contributed by atoms with Gasteiger partial charge in [-0.2, -0.15) is 9.94 Å². The molecule has 0 radical (unpaired) electrons. The van der Waals surface area contributed by atoms with E-state index in [0.717, 1.165) is 36.9 Å². The molecule has 2 aromatic heterocycles. The standard InChI is InChI=1S/C19H18N6OS2/c1-12(27-19-22-23-24-25(19)13-7-3-2-4-8-13)17(26)21-18-15(11-20)14-9-5-6-10-16(14)28-18/h2-4,7-8,12H,5-6,9-10H2,1H3,(H,21,26)/t12-/m1/s1. The molecule has 0 saturated carbocycles. The minimum atomic E-state index is -0.417. The number of anilines is 1. The first-order chi connectivity index (χ1) is 13.7. The molecule has 1 aromatic carbocycles. The Morgan fingerprint density at radius 3 is 2.89 bits per heavy atom. The van der Waals surface area contributed by atoms with Gasteiger partial charge in [0.2, 0.25) is 11.1 Å². The summed E-state index contributed by atoms with van der Waals surface area (Å²) in [5, 5.41) is 25.1. The molecule has 4 rings (SSSR count). The van der Waals surface area contributed by atoms with Crippen LogP contribution in [0.2, 0.25) is 0 Å². The minimum Gasteiger partial charge on any atom is -0.316 e. The highest BCUT2D eigenvalue weighted by atomic mass is 32.2. The second-order valence-corrected chi connectivity index (χ2v) is 8.90. The van der Waals surface area contributed by atoms with E-state index in [1.807, 2.05) is 37.3 Å². The number of aryl methyl sites for hydroxylation is 1. The molecule has 28 heavy (non-hydrogen) atoms. The predicted octanol–water partition coefficient (Wildman–Crippen LogP) is 3.59. The number of amides is 1. The number of rotatable bonds is 5. The lowest BCUT2D eigenvalue weighted by atomic mass is 9.96. The highest BCUT2D eigenvalue weighted by molar-refractivity contribution is 8.00. The summed E-state index contributed by atoms with van der Waals surface area (Å²) < 4.78 is 1.61. The fourth-order valence-corrected chi connectivity index (χ4v) is 5.23. The Balaban J connectivity index is 1.49. The number of nitrogens with zero attached hydrogens (tertiary/aromatic N) is 5. The van der Waals surface area contributed by atoms with E-state index in [1.54, 1.807) is 4.68 Å². The van der Waals surface area contributed by atoms with Gasteiger partial charge in [0, 0.05) is 4.88 Å². The SMILES string of the molecule is C[C@@H](Sc1nnnn1-c1ccccc1)C(=O)Nc1sc2c(c1C#N)CCCC2. The number of thiophene rings is 1. The Morgan fingerprint density at radius 1 is 1.32 bits per heavy atom. The van der Waals surface area contributed by atoms with Crippen LogP contribution in [0.4, 0.5) is 5.00 Å². The summed E-state index contributed by atoms with van der Waals surface area (Å²) in [4.78, 5) is 14.0. The highest BCUT2D eigenvalue weighted by Crippen LogP contribution is 2.38. The topological polar surface area (TPSA) is 96.5 Å². The fraction of sp³-hybridized carbons (Fsp3) is 0.316. The first-order valence-corrected chi connectivity index (χ1v) is 10.7. The molecule has 1 aliphatic carbocycles. The van der Waals surface area contributed by atoms with E-state index in [9.17, 15) is 10.1 Å². The second kappa shape index (κ2) is 8.12. The quantitative estimate of drug-likeness (QED) is 0.646. The average Bonchev–Trinajstić information content (AvgIpc) is 3.32. The number of hydrogen-bond acceptors (Lipinski definition) is 7. The average molecular weight is 411 g/mol. The summed E-state index contributed by atoms with van der Waals surface area (Å²) >= 11 is 2.81. The van der Waals surface area contributed by atoms with E-state index in [2.05, 4.69) is 26.9 Å². The minimum absolute atomic E-state index is 0.164. The van der Waals surface area contributed by atoms with Crippen LogP contribution in [0.25, 0.3) is 5.69 Å². The van der Waals surface area contributed by atoms with Crippen LogP contribution in [-0.4, -0.2) is 31.4 Å². The van der Waals surface area contributed by atoms with Gasteiger partial charge in [0.1, 0.15) is 11.1 Å². The Bertz CT molecular complexity index is 1040. The van der Waals surface area contributed by atoms with E-state index in [-0.39, 0.29) is 5.91 Å². The molecule has 0 fully saturated rings. The molecule has 0 aliphatic heterocycles.